The second-order valence-corrected chi connectivity index (χ2v) is 9.96. The zero-order chi connectivity index (χ0) is 25.4. The number of likely N-dealkylation sites (tertiary alicyclic amines) is 1. The smallest absolute Gasteiger partial charge is 0.270 e. The molecule has 3 aromatic heterocycles. The van der Waals surface area contributed by atoms with Crippen LogP contribution in [0.1, 0.15) is 51.1 Å². The minimum absolute atomic E-state index is 0.149. The number of H-pyrrole nitrogens is 1. The molecule has 0 radical (unpaired) electrons. The number of hydrogen-bond acceptors (Lipinski definition) is 6. The number of fused-ring (bicyclic) bond motifs is 1. The molecule has 0 spiro atoms. The molecule has 186 valence electrons. The van der Waals surface area contributed by atoms with Gasteiger partial charge in [-0.1, -0.05) is 6.92 Å². The molecule has 4 heterocycles. The van der Waals surface area contributed by atoms with Crippen LogP contribution in [-0.4, -0.2) is 56.2 Å². The highest BCUT2D eigenvalue weighted by Gasteiger charge is 2.35. The summed E-state index contributed by atoms with van der Waals surface area (Å²) in [6.07, 6.45) is 7.33. The summed E-state index contributed by atoms with van der Waals surface area (Å²) < 4.78 is 0. The van der Waals surface area contributed by atoms with Crippen molar-refractivity contribution in [3.05, 3.63) is 42.4 Å². The van der Waals surface area contributed by atoms with Gasteiger partial charge in [0.2, 0.25) is 5.91 Å². The summed E-state index contributed by atoms with van der Waals surface area (Å²) in [5.41, 5.74) is 4.29. The van der Waals surface area contributed by atoms with Crippen molar-refractivity contribution in [2.45, 2.75) is 45.4 Å². The standard InChI is InChI=1S/C27H31N7O2/c1-15(16(2)28)24(29)26(35)32-21-11-20-13-23(33-25(20)31-14-21)19-5-8-30-22(12-19)17-6-9-34(10-7-17)27(36)18-3-4-18/h5,8,11-15,17-18,28-29H,3-4,6-7,9-10H2,1-2H3,(H,31,33)(H,32,35). The van der Waals surface area contributed by atoms with Crippen LogP contribution in [0.25, 0.3) is 22.3 Å². The molecular weight excluding hydrogens is 454 g/mol. The SMILES string of the molecule is CC(=N)C(C)C(=N)C(=O)Nc1cnc2[nH]c(-c3ccnc(C4CCN(C(=O)C5CC5)CC4)c3)cc2c1. The molecule has 2 aliphatic rings. The molecule has 0 aromatic carbocycles. The van der Waals surface area contributed by atoms with Crippen LogP contribution in [0.15, 0.2) is 36.7 Å². The average Bonchev–Trinajstić information content (AvgIpc) is 3.66. The van der Waals surface area contributed by atoms with E-state index in [2.05, 4.69) is 26.3 Å². The molecule has 1 atom stereocenters. The van der Waals surface area contributed by atoms with Crippen LogP contribution in [0.5, 0.6) is 0 Å². The topological polar surface area (TPSA) is 139 Å². The maximum Gasteiger partial charge on any atom is 0.270 e. The van der Waals surface area contributed by atoms with Gasteiger partial charge in [-0.3, -0.25) is 20.0 Å². The number of nitrogens with one attached hydrogen (secondary N) is 4. The van der Waals surface area contributed by atoms with Gasteiger partial charge in [0.15, 0.2) is 0 Å². The van der Waals surface area contributed by atoms with E-state index >= 15 is 0 Å². The number of pyridine rings is 2. The Labute approximate surface area is 209 Å². The lowest BCUT2D eigenvalue weighted by Crippen LogP contribution is -2.38. The zero-order valence-electron chi connectivity index (χ0n) is 20.6. The lowest BCUT2D eigenvalue weighted by atomic mass is 9.92. The molecule has 36 heavy (non-hydrogen) atoms. The summed E-state index contributed by atoms with van der Waals surface area (Å²) in [7, 11) is 0. The van der Waals surface area contributed by atoms with Gasteiger partial charge >= 0.3 is 0 Å². The van der Waals surface area contributed by atoms with Crippen LogP contribution in [0.2, 0.25) is 0 Å². The minimum Gasteiger partial charge on any atom is -0.342 e. The molecule has 2 amide bonds. The van der Waals surface area contributed by atoms with Gasteiger partial charge in [-0.05, 0) is 56.9 Å². The van der Waals surface area contributed by atoms with E-state index in [1.54, 1.807) is 20.0 Å². The van der Waals surface area contributed by atoms with Crippen molar-refractivity contribution in [3.63, 3.8) is 0 Å². The molecule has 3 aromatic rings. The monoisotopic (exact) mass is 485 g/mol. The summed E-state index contributed by atoms with van der Waals surface area (Å²) in [5.74, 6) is -0.136. The third kappa shape index (κ3) is 4.91. The first-order valence-corrected chi connectivity index (χ1v) is 12.5. The number of aromatic nitrogens is 3. The summed E-state index contributed by atoms with van der Waals surface area (Å²) in [6, 6.07) is 7.89. The Hall–Kier alpha value is -3.88. The second kappa shape index (κ2) is 9.64. The highest BCUT2D eigenvalue weighted by atomic mass is 16.2. The molecule has 1 unspecified atom stereocenters. The first-order valence-electron chi connectivity index (χ1n) is 12.5. The van der Waals surface area contributed by atoms with E-state index in [9.17, 15) is 9.59 Å². The molecule has 1 saturated heterocycles. The van der Waals surface area contributed by atoms with E-state index < -0.39 is 11.8 Å². The normalized spacial score (nSPS) is 17.1. The molecule has 4 N–H and O–H groups in total. The van der Waals surface area contributed by atoms with Gasteiger partial charge in [-0.2, -0.15) is 0 Å². The van der Waals surface area contributed by atoms with Gasteiger partial charge in [-0.15, -0.1) is 0 Å². The predicted octanol–water partition coefficient (Wildman–Crippen LogP) is 4.37. The van der Waals surface area contributed by atoms with Crippen molar-refractivity contribution in [2.24, 2.45) is 11.8 Å². The molecule has 9 heteroatoms. The van der Waals surface area contributed by atoms with Crippen molar-refractivity contribution in [3.8, 4) is 11.3 Å². The molecule has 1 aliphatic heterocycles. The summed E-state index contributed by atoms with van der Waals surface area (Å²) in [6.45, 7) is 4.85. The number of rotatable bonds is 7. The summed E-state index contributed by atoms with van der Waals surface area (Å²) in [4.78, 5) is 39.2. The van der Waals surface area contributed by atoms with Crippen LogP contribution >= 0.6 is 0 Å². The fourth-order valence-corrected chi connectivity index (χ4v) is 4.67. The molecular formula is C27H31N7O2. The summed E-state index contributed by atoms with van der Waals surface area (Å²) >= 11 is 0. The number of piperidine rings is 1. The van der Waals surface area contributed by atoms with Gasteiger partial charge in [0.1, 0.15) is 11.4 Å². The number of carbonyl (C=O) groups excluding carboxylic acids is 2. The van der Waals surface area contributed by atoms with Gasteiger partial charge in [-0.25, -0.2) is 4.98 Å². The predicted molar refractivity (Wildman–Crippen MR) is 140 cm³/mol. The fourth-order valence-electron chi connectivity index (χ4n) is 4.67. The zero-order valence-corrected chi connectivity index (χ0v) is 20.6. The first kappa shape index (κ1) is 23.8. The van der Waals surface area contributed by atoms with Crippen molar-refractivity contribution >= 4 is 40.0 Å². The Morgan fingerprint density at radius 2 is 1.86 bits per heavy atom. The Bertz CT molecular complexity index is 1350. The number of anilines is 1. The summed E-state index contributed by atoms with van der Waals surface area (Å²) in [5, 5.41) is 19.2. The van der Waals surface area contributed by atoms with E-state index in [4.69, 9.17) is 10.8 Å². The van der Waals surface area contributed by atoms with Crippen LogP contribution in [0.3, 0.4) is 0 Å². The molecule has 1 aliphatic carbocycles. The lowest BCUT2D eigenvalue weighted by Gasteiger charge is -2.32. The number of nitrogens with zero attached hydrogens (tertiary/aromatic N) is 3. The third-order valence-electron chi connectivity index (χ3n) is 7.30. The van der Waals surface area contributed by atoms with Gasteiger partial charge in [0, 0.05) is 65.1 Å². The third-order valence-corrected chi connectivity index (χ3v) is 7.30. The Morgan fingerprint density at radius 1 is 1.11 bits per heavy atom. The van der Waals surface area contributed by atoms with E-state index in [1.165, 1.54) is 0 Å². The number of carbonyl (C=O) groups is 2. The Kier molecular flexibility index (Phi) is 6.38. The first-order chi connectivity index (χ1) is 17.3. The quantitative estimate of drug-likeness (QED) is 0.369. The molecule has 0 bridgehead atoms. The Morgan fingerprint density at radius 3 is 2.56 bits per heavy atom. The average molecular weight is 486 g/mol. The number of amides is 2. The highest BCUT2D eigenvalue weighted by molar-refractivity contribution is 6.45. The van der Waals surface area contributed by atoms with Gasteiger partial charge in [0.25, 0.3) is 5.91 Å². The van der Waals surface area contributed by atoms with Crippen LogP contribution in [0.4, 0.5) is 5.69 Å². The van der Waals surface area contributed by atoms with Crippen LogP contribution < -0.4 is 5.32 Å². The molecule has 2 fully saturated rings. The largest absolute Gasteiger partial charge is 0.342 e. The van der Waals surface area contributed by atoms with E-state index in [1.807, 2.05) is 29.3 Å². The Balaban J connectivity index is 1.29. The highest BCUT2D eigenvalue weighted by Crippen LogP contribution is 2.35. The number of hydrogen-bond donors (Lipinski definition) is 4. The van der Waals surface area contributed by atoms with Crippen LogP contribution in [-0.2, 0) is 9.59 Å². The van der Waals surface area contributed by atoms with E-state index in [0.717, 1.165) is 61.1 Å². The lowest BCUT2D eigenvalue weighted by molar-refractivity contribution is -0.133. The van der Waals surface area contributed by atoms with Crippen molar-refractivity contribution in [1.29, 1.82) is 10.8 Å². The molecule has 9 nitrogen and oxygen atoms in total. The van der Waals surface area contributed by atoms with E-state index in [0.29, 0.717) is 23.2 Å². The minimum atomic E-state index is -0.535. The maximum absolute atomic E-state index is 12.4. The van der Waals surface area contributed by atoms with Gasteiger partial charge < -0.3 is 20.6 Å². The molecule has 1 saturated carbocycles. The van der Waals surface area contributed by atoms with E-state index in [-0.39, 0.29) is 17.3 Å². The maximum atomic E-state index is 12.4. The fraction of sp³-hybridized carbons (Fsp3) is 0.407. The van der Waals surface area contributed by atoms with Crippen molar-refractivity contribution in [2.75, 3.05) is 18.4 Å². The second-order valence-electron chi connectivity index (χ2n) is 9.96. The molecule has 5 rings (SSSR count). The number of aromatic amines is 1. The van der Waals surface area contributed by atoms with Crippen molar-refractivity contribution in [1.82, 2.24) is 19.9 Å². The van der Waals surface area contributed by atoms with Crippen molar-refractivity contribution < 1.29 is 9.59 Å². The van der Waals surface area contributed by atoms with Gasteiger partial charge in [0.05, 0.1) is 11.9 Å². The van der Waals surface area contributed by atoms with Crippen LogP contribution in [0, 0.1) is 22.7 Å².